The van der Waals surface area contributed by atoms with E-state index in [2.05, 4.69) is 25.6 Å². The second kappa shape index (κ2) is 6.21. The second-order valence-electron chi connectivity index (χ2n) is 6.50. The molecular weight excluding hydrogens is 330 g/mol. The van der Waals surface area contributed by atoms with Crippen LogP contribution in [0.3, 0.4) is 0 Å². The molecule has 0 aliphatic carbocycles. The van der Waals surface area contributed by atoms with E-state index in [1.165, 1.54) is 0 Å². The molecule has 26 heavy (non-hydrogen) atoms. The number of carbonyl (C=O) groups is 1. The largest absolute Gasteiger partial charge is 0.342 e. The second-order valence-corrected chi connectivity index (χ2v) is 6.50. The molecule has 132 valence electrons. The number of pyridine rings is 2. The lowest BCUT2D eigenvalue weighted by Crippen LogP contribution is -2.28. The van der Waals surface area contributed by atoms with Crippen LogP contribution in [0.5, 0.6) is 0 Å². The van der Waals surface area contributed by atoms with Gasteiger partial charge in [0.05, 0.1) is 17.8 Å². The van der Waals surface area contributed by atoms with Gasteiger partial charge in [0.15, 0.2) is 17.1 Å². The maximum Gasteiger partial charge on any atom is 0.253 e. The van der Waals surface area contributed by atoms with Gasteiger partial charge in [-0.05, 0) is 39.0 Å². The standard InChI is InChI=1S/C18H19N7O/c1-11(2)25-17-13(10-20-25)8-14(9-19-17)18(26)21-12(3)16-23-22-15-6-4-5-7-24(15)16/h4-12H,1-3H3,(H,21,26)/t12-/m1/s1. The van der Waals surface area contributed by atoms with E-state index in [9.17, 15) is 4.79 Å². The van der Waals surface area contributed by atoms with Gasteiger partial charge in [-0.2, -0.15) is 5.10 Å². The van der Waals surface area contributed by atoms with E-state index < -0.39 is 0 Å². The topological polar surface area (TPSA) is 90.0 Å². The predicted molar refractivity (Wildman–Crippen MR) is 96.8 cm³/mol. The van der Waals surface area contributed by atoms with E-state index in [-0.39, 0.29) is 18.0 Å². The van der Waals surface area contributed by atoms with Crippen LogP contribution in [0, 0.1) is 0 Å². The fourth-order valence-electron chi connectivity index (χ4n) is 2.94. The van der Waals surface area contributed by atoms with E-state index in [0.717, 1.165) is 16.7 Å². The lowest BCUT2D eigenvalue weighted by molar-refractivity contribution is 0.0938. The highest BCUT2D eigenvalue weighted by molar-refractivity contribution is 5.97. The maximum atomic E-state index is 12.6. The first-order chi connectivity index (χ1) is 12.5. The molecule has 4 aromatic rings. The molecule has 4 rings (SSSR count). The van der Waals surface area contributed by atoms with Crippen molar-refractivity contribution in [1.82, 2.24) is 34.7 Å². The summed E-state index contributed by atoms with van der Waals surface area (Å²) < 4.78 is 3.70. The summed E-state index contributed by atoms with van der Waals surface area (Å²) in [5.41, 5.74) is 2.00. The zero-order chi connectivity index (χ0) is 18.3. The Morgan fingerprint density at radius 2 is 2.00 bits per heavy atom. The van der Waals surface area contributed by atoms with Crippen LogP contribution in [-0.4, -0.2) is 35.3 Å². The molecule has 0 spiro atoms. The first-order valence-electron chi connectivity index (χ1n) is 8.48. The summed E-state index contributed by atoms with van der Waals surface area (Å²) >= 11 is 0. The monoisotopic (exact) mass is 349 g/mol. The van der Waals surface area contributed by atoms with Crippen molar-refractivity contribution >= 4 is 22.6 Å². The number of hydrogen-bond acceptors (Lipinski definition) is 5. The van der Waals surface area contributed by atoms with Crippen LogP contribution < -0.4 is 5.32 Å². The zero-order valence-corrected chi connectivity index (χ0v) is 14.8. The minimum absolute atomic E-state index is 0.209. The summed E-state index contributed by atoms with van der Waals surface area (Å²) in [6, 6.07) is 7.39. The summed E-state index contributed by atoms with van der Waals surface area (Å²) in [6.45, 7) is 5.96. The first kappa shape index (κ1) is 16.2. The van der Waals surface area contributed by atoms with Gasteiger partial charge in [0.1, 0.15) is 0 Å². The fourth-order valence-corrected chi connectivity index (χ4v) is 2.94. The number of hydrogen-bond donors (Lipinski definition) is 1. The highest BCUT2D eigenvalue weighted by Crippen LogP contribution is 2.18. The Balaban J connectivity index is 1.58. The molecular formula is C18H19N7O. The van der Waals surface area contributed by atoms with Gasteiger partial charge in [0, 0.05) is 23.8 Å². The average Bonchev–Trinajstić information content (AvgIpc) is 3.25. The van der Waals surface area contributed by atoms with Gasteiger partial charge in [0.2, 0.25) is 0 Å². The Kier molecular flexibility index (Phi) is 3.87. The highest BCUT2D eigenvalue weighted by atomic mass is 16.1. The summed E-state index contributed by atoms with van der Waals surface area (Å²) in [7, 11) is 0. The number of nitrogens with zero attached hydrogens (tertiary/aromatic N) is 6. The Bertz CT molecular complexity index is 1100. The summed E-state index contributed by atoms with van der Waals surface area (Å²) in [5.74, 6) is 0.465. The number of aromatic nitrogens is 6. The van der Waals surface area contributed by atoms with Crippen molar-refractivity contribution in [3.05, 3.63) is 54.2 Å². The van der Waals surface area contributed by atoms with Crippen LogP contribution in [0.2, 0.25) is 0 Å². The molecule has 4 aromatic heterocycles. The summed E-state index contributed by atoms with van der Waals surface area (Å²) in [5, 5.41) is 16.4. The number of fused-ring (bicyclic) bond motifs is 2. The van der Waals surface area contributed by atoms with E-state index in [1.54, 1.807) is 18.5 Å². The average molecular weight is 349 g/mol. The summed E-state index contributed by atoms with van der Waals surface area (Å²) in [6.07, 6.45) is 5.18. The lowest BCUT2D eigenvalue weighted by Gasteiger charge is -2.12. The molecule has 0 aliphatic heterocycles. The number of rotatable bonds is 4. The molecule has 0 radical (unpaired) electrons. The summed E-state index contributed by atoms with van der Waals surface area (Å²) in [4.78, 5) is 17.0. The molecule has 1 amide bonds. The van der Waals surface area contributed by atoms with Crippen LogP contribution in [0.25, 0.3) is 16.7 Å². The zero-order valence-electron chi connectivity index (χ0n) is 14.8. The van der Waals surface area contributed by atoms with Crippen molar-refractivity contribution in [2.75, 3.05) is 0 Å². The van der Waals surface area contributed by atoms with Gasteiger partial charge < -0.3 is 5.32 Å². The number of nitrogens with one attached hydrogen (secondary N) is 1. The third kappa shape index (κ3) is 2.69. The molecule has 0 bridgehead atoms. The van der Waals surface area contributed by atoms with E-state index in [0.29, 0.717) is 11.4 Å². The fraction of sp³-hybridized carbons (Fsp3) is 0.278. The Hall–Kier alpha value is -3.29. The van der Waals surface area contributed by atoms with Gasteiger partial charge in [0.25, 0.3) is 5.91 Å². The normalized spacial score (nSPS) is 12.8. The Morgan fingerprint density at radius 1 is 1.15 bits per heavy atom. The quantitative estimate of drug-likeness (QED) is 0.611. The number of amides is 1. The Labute approximate surface area is 149 Å². The third-order valence-corrected chi connectivity index (χ3v) is 4.26. The van der Waals surface area contributed by atoms with Gasteiger partial charge in [-0.1, -0.05) is 6.07 Å². The molecule has 0 fully saturated rings. The van der Waals surface area contributed by atoms with E-state index >= 15 is 0 Å². The van der Waals surface area contributed by atoms with Gasteiger partial charge >= 0.3 is 0 Å². The van der Waals surface area contributed by atoms with Crippen molar-refractivity contribution in [3.8, 4) is 0 Å². The lowest BCUT2D eigenvalue weighted by atomic mass is 10.2. The predicted octanol–water partition coefficient (Wildman–Crippen LogP) is 2.55. The van der Waals surface area contributed by atoms with Crippen molar-refractivity contribution in [2.24, 2.45) is 0 Å². The molecule has 0 saturated carbocycles. The molecule has 1 N–H and O–H groups in total. The minimum atomic E-state index is -0.297. The van der Waals surface area contributed by atoms with Gasteiger partial charge in [-0.25, -0.2) is 9.67 Å². The van der Waals surface area contributed by atoms with E-state index in [1.807, 2.05) is 54.2 Å². The molecule has 0 aliphatic rings. The van der Waals surface area contributed by atoms with Crippen molar-refractivity contribution in [1.29, 1.82) is 0 Å². The van der Waals surface area contributed by atoms with Crippen LogP contribution in [0.1, 0.15) is 49.0 Å². The highest BCUT2D eigenvalue weighted by Gasteiger charge is 2.18. The molecule has 8 heteroatoms. The van der Waals surface area contributed by atoms with Crippen LogP contribution in [0.15, 0.2) is 42.9 Å². The molecule has 0 saturated heterocycles. The molecule has 4 heterocycles. The van der Waals surface area contributed by atoms with Crippen molar-refractivity contribution in [2.45, 2.75) is 32.9 Å². The van der Waals surface area contributed by atoms with E-state index in [4.69, 9.17) is 0 Å². The number of carbonyl (C=O) groups excluding carboxylic acids is 1. The smallest absolute Gasteiger partial charge is 0.253 e. The first-order valence-corrected chi connectivity index (χ1v) is 8.48. The SMILES string of the molecule is CC(C)n1ncc2cc(C(=O)N[C@H](C)c3nnc4ccccn34)cnc21. The molecule has 8 nitrogen and oxygen atoms in total. The van der Waals surface area contributed by atoms with Gasteiger partial charge in [-0.15, -0.1) is 10.2 Å². The Morgan fingerprint density at radius 3 is 2.81 bits per heavy atom. The third-order valence-electron chi connectivity index (χ3n) is 4.26. The van der Waals surface area contributed by atoms with Crippen LogP contribution in [-0.2, 0) is 0 Å². The molecule has 1 atom stereocenters. The van der Waals surface area contributed by atoms with Gasteiger partial charge in [-0.3, -0.25) is 9.20 Å². The van der Waals surface area contributed by atoms with Crippen LogP contribution in [0.4, 0.5) is 0 Å². The molecule has 0 unspecified atom stereocenters. The minimum Gasteiger partial charge on any atom is -0.342 e. The van der Waals surface area contributed by atoms with Crippen LogP contribution >= 0.6 is 0 Å². The van der Waals surface area contributed by atoms with Crippen molar-refractivity contribution in [3.63, 3.8) is 0 Å². The van der Waals surface area contributed by atoms with Crippen molar-refractivity contribution < 1.29 is 4.79 Å². The molecule has 0 aromatic carbocycles. The maximum absolute atomic E-state index is 12.6.